The lowest BCUT2D eigenvalue weighted by atomic mass is 10.00. The Morgan fingerprint density at radius 1 is 1.37 bits per heavy atom. The molecule has 1 aromatic rings. The van der Waals surface area contributed by atoms with Crippen LogP contribution in [-0.4, -0.2) is 19.0 Å². The van der Waals surface area contributed by atoms with E-state index in [2.05, 4.69) is 11.4 Å². The Hall–Kier alpha value is -0.870. The van der Waals surface area contributed by atoms with E-state index in [9.17, 15) is 4.79 Å². The Morgan fingerprint density at radius 3 is 2.84 bits per heavy atom. The summed E-state index contributed by atoms with van der Waals surface area (Å²) < 4.78 is 0. The maximum absolute atomic E-state index is 12.1. The summed E-state index contributed by atoms with van der Waals surface area (Å²) in [7, 11) is 0. The van der Waals surface area contributed by atoms with Crippen molar-refractivity contribution in [2.75, 3.05) is 13.1 Å². The van der Waals surface area contributed by atoms with Crippen molar-refractivity contribution in [3.63, 3.8) is 0 Å². The van der Waals surface area contributed by atoms with Crippen LogP contribution in [0, 0.1) is 5.92 Å². The maximum Gasteiger partial charge on any atom is 0.261 e. The highest BCUT2D eigenvalue weighted by Crippen LogP contribution is 2.28. The minimum Gasteiger partial charge on any atom is -0.351 e. The van der Waals surface area contributed by atoms with Gasteiger partial charge in [0.2, 0.25) is 0 Å². The van der Waals surface area contributed by atoms with Crippen molar-refractivity contribution in [1.82, 2.24) is 5.32 Å². The Labute approximate surface area is 119 Å². The first-order valence-electron chi connectivity index (χ1n) is 7.30. The van der Waals surface area contributed by atoms with Gasteiger partial charge >= 0.3 is 0 Å². The Morgan fingerprint density at radius 2 is 2.11 bits per heavy atom. The average molecular weight is 280 g/mol. The van der Waals surface area contributed by atoms with Crippen LogP contribution in [0.3, 0.4) is 0 Å². The van der Waals surface area contributed by atoms with Crippen molar-refractivity contribution < 1.29 is 4.79 Å². The van der Waals surface area contributed by atoms with Crippen molar-refractivity contribution in [2.45, 2.75) is 45.4 Å². The maximum atomic E-state index is 12.1. The second-order valence-corrected chi connectivity index (χ2v) is 6.66. The average Bonchev–Trinajstić information content (AvgIpc) is 2.78. The van der Waals surface area contributed by atoms with E-state index in [1.807, 2.05) is 6.92 Å². The summed E-state index contributed by atoms with van der Waals surface area (Å²) in [6, 6.07) is 2.10. The van der Waals surface area contributed by atoms with E-state index < -0.39 is 0 Å². The molecule has 1 aromatic heterocycles. The number of carbonyl (C=O) groups is 1. The zero-order valence-corrected chi connectivity index (χ0v) is 12.5. The molecular weight excluding hydrogens is 256 g/mol. The molecule has 1 unspecified atom stereocenters. The number of amides is 1. The molecule has 0 bridgehead atoms. The summed E-state index contributed by atoms with van der Waals surface area (Å²) in [6.07, 6.45) is 7.45. The predicted octanol–water partition coefficient (Wildman–Crippen LogP) is 2.73. The van der Waals surface area contributed by atoms with Gasteiger partial charge in [-0.15, -0.1) is 11.3 Å². The van der Waals surface area contributed by atoms with Gasteiger partial charge in [-0.2, -0.15) is 0 Å². The second kappa shape index (κ2) is 7.06. The molecule has 106 valence electrons. The van der Waals surface area contributed by atoms with Crippen molar-refractivity contribution in [1.29, 1.82) is 0 Å². The number of nitrogens with one attached hydrogen (secondary N) is 1. The number of thiophene rings is 1. The van der Waals surface area contributed by atoms with Gasteiger partial charge < -0.3 is 11.1 Å². The number of rotatable bonds is 4. The lowest BCUT2D eigenvalue weighted by molar-refractivity contribution is 0.0952. The topological polar surface area (TPSA) is 55.1 Å². The van der Waals surface area contributed by atoms with E-state index in [1.165, 1.54) is 36.1 Å². The fourth-order valence-corrected chi connectivity index (χ4v) is 3.56. The summed E-state index contributed by atoms with van der Waals surface area (Å²) in [5, 5.41) is 2.98. The molecule has 1 atom stereocenters. The van der Waals surface area contributed by atoms with Crippen LogP contribution in [0.15, 0.2) is 6.07 Å². The van der Waals surface area contributed by atoms with Gasteiger partial charge in [-0.1, -0.05) is 19.8 Å². The number of carbonyl (C=O) groups excluding carboxylic acids is 1. The van der Waals surface area contributed by atoms with Gasteiger partial charge in [0, 0.05) is 11.4 Å². The first-order chi connectivity index (χ1) is 9.20. The highest BCUT2D eigenvalue weighted by atomic mass is 32.1. The van der Waals surface area contributed by atoms with Crippen molar-refractivity contribution in [2.24, 2.45) is 11.7 Å². The van der Waals surface area contributed by atoms with Gasteiger partial charge in [-0.3, -0.25) is 4.79 Å². The van der Waals surface area contributed by atoms with Crippen molar-refractivity contribution in [3.05, 3.63) is 21.4 Å². The molecule has 3 N–H and O–H groups in total. The lowest BCUT2D eigenvalue weighted by Crippen LogP contribution is -2.30. The third-order valence-corrected chi connectivity index (χ3v) is 4.97. The monoisotopic (exact) mass is 280 g/mol. The summed E-state index contributed by atoms with van der Waals surface area (Å²) in [5.74, 6) is 0.405. The van der Waals surface area contributed by atoms with Gasteiger partial charge in [0.15, 0.2) is 0 Å². The van der Waals surface area contributed by atoms with E-state index in [-0.39, 0.29) is 5.91 Å². The van der Waals surface area contributed by atoms with Crippen LogP contribution in [0.2, 0.25) is 0 Å². The third-order valence-electron chi connectivity index (χ3n) is 3.73. The Kier molecular flexibility index (Phi) is 5.40. The van der Waals surface area contributed by atoms with E-state index in [0.717, 1.165) is 17.7 Å². The summed E-state index contributed by atoms with van der Waals surface area (Å²) in [5.41, 5.74) is 6.97. The third kappa shape index (κ3) is 4.05. The summed E-state index contributed by atoms with van der Waals surface area (Å²) in [4.78, 5) is 14.4. The van der Waals surface area contributed by atoms with Crippen LogP contribution >= 0.6 is 11.3 Å². The molecular formula is C15H24N2OS. The van der Waals surface area contributed by atoms with Crippen LogP contribution in [0.1, 0.15) is 52.7 Å². The summed E-state index contributed by atoms with van der Waals surface area (Å²) in [6.45, 7) is 3.33. The number of nitrogens with two attached hydrogens (primary N) is 1. The van der Waals surface area contributed by atoms with Gasteiger partial charge in [0.25, 0.3) is 5.91 Å². The molecule has 0 saturated heterocycles. The molecule has 1 aliphatic rings. The Balaban J connectivity index is 2.00. The molecule has 0 fully saturated rings. The summed E-state index contributed by atoms with van der Waals surface area (Å²) >= 11 is 1.68. The fourth-order valence-electron chi connectivity index (χ4n) is 2.39. The molecule has 1 amide bonds. The molecule has 1 aliphatic carbocycles. The normalized spacial score (nSPS) is 17.2. The molecule has 0 aliphatic heterocycles. The predicted molar refractivity (Wildman–Crippen MR) is 80.7 cm³/mol. The number of aryl methyl sites for hydroxylation is 2. The van der Waals surface area contributed by atoms with E-state index >= 15 is 0 Å². The Bertz CT molecular complexity index is 402. The molecule has 0 aromatic carbocycles. The molecule has 0 radical (unpaired) electrons. The zero-order valence-electron chi connectivity index (χ0n) is 11.7. The largest absolute Gasteiger partial charge is 0.351 e. The molecule has 1 heterocycles. The van der Waals surface area contributed by atoms with Crippen molar-refractivity contribution in [3.8, 4) is 0 Å². The van der Waals surface area contributed by atoms with E-state index in [0.29, 0.717) is 19.0 Å². The van der Waals surface area contributed by atoms with E-state index in [4.69, 9.17) is 5.73 Å². The van der Waals surface area contributed by atoms with Gasteiger partial charge in [-0.25, -0.2) is 0 Å². The van der Waals surface area contributed by atoms with Crippen LogP contribution in [-0.2, 0) is 12.8 Å². The van der Waals surface area contributed by atoms with Crippen LogP contribution in [0.4, 0.5) is 0 Å². The lowest BCUT2D eigenvalue weighted by Gasteiger charge is -2.08. The van der Waals surface area contributed by atoms with Crippen LogP contribution in [0.25, 0.3) is 0 Å². The molecule has 4 heteroatoms. The smallest absolute Gasteiger partial charge is 0.261 e. The highest BCUT2D eigenvalue weighted by molar-refractivity contribution is 7.14. The molecule has 0 spiro atoms. The van der Waals surface area contributed by atoms with Gasteiger partial charge in [0.1, 0.15) is 0 Å². The molecule has 3 nitrogen and oxygen atoms in total. The van der Waals surface area contributed by atoms with Crippen LogP contribution < -0.4 is 11.1 Å². The van der Waals surface area contributed by atoms with Crippen molar-refractivity contribution >= 4 is 17.2 Å². The number of fused-ring (bicyclic) bond motifs is 1. The SMILES string of the molecule is CC(CN)CNC(=O)c1cc2c(s1)CCCCCC2. The highest BCUT2D eigenvalue weighted by Gasteiger charge is 2.16. The molecule has 19 heavy (non-hydrogen) atoms. The quantitative estimate of drug-likeness (QED) is 0.891. The van der Waals surface area contributed by atoms with Crippen LogP contribution in [0.5, 0.6) is 0 Å². The first kappa shape index (κ1) is 14.5. The fraction of sp³-hybridized carbons (Fsp3) is 0.667. The minimum atomic E-state index is 0.0667. The van der Waals surface area contributed by atoms with E-state index in [1.54, 1.807) is 11.3 Å². The minimum absolute atomic E-state index is 0.0667. The molecule has 2 rings (SSSR count). The number of hydrogen-bond acceptors (Lipinski definition) is 3. The zero-order chi connectivity index (χ0) is 13.7. The second-order valence-electron chi connectivity index (χ2n) is 5.52. The molecule has 0 saturated carbocycles. The van der Waals surface area contributed by atoms with Gasteiger partial charge in [0.05, 0.1) is 4.88 Å². The first-order valence-corrected chi connectivity index (χ1v) is 8.12. The number of hydrogen-bond donors (Lipinski definition) is 2. The standard InChI is InChI=1S/C15H24N2OS/c1-11(9-16)10-17-15(18)14-8-12-6-4-2-3-5-7-13(12)19-14/h8,11H,2-7,9-10,16H2,1H3,(H,17,18). The van der Waals surface area contributed by atoms with Gasteiger partial charge in [-0.05, 0) is 49.8 Å².